The highest BCUT2D eigenvalue weighted by molar-refractivity contribution is 4.53. The van der Waals surface area contributed by atoms with Crippen molar-refractivity contribution < 1.29 is 4.74 Å². The molecule has 74 valence electrons. The third kappa shape index (κ3) is 6.66. The van der Waals surface area contributed by atoms with E-state index in [9.17, 15) is 0 Å². The lowest BCUT2D eigenvalue weighted by molar-refractivity contribution is 0.0421. The summed E-state index contributed by atoms with van der Waals surface area (Å²) in [6, 6.07) is 0. The van der Waals surface area contributed by atoms with E-state index in [2.05, 4.69) is 20.8 Å². The smallest absolute Gasteiger partial charge is 0.0572 e. The number of hydrogen-bond acceptors (Lipinski definition) is 1. The molecule has 1 nitrogen and oxygen atoms in total. The normalized spacial score (nSPS) is 13.2. The van der Waals surface area contributed by atoms with Gasteiger partial charge in [-0.2, -0.15) is 0 Å². The van der Waals surface area contributed by atoms with Crippen LogP contribution in [-0.2, 0) is 4.74 Å². The summed E-state index contributed by atoms with van der Waals surface area (Å²) in [5, 5.41) is 0. The molecule has 0 aromatic heterocycles. The Morgan fingerprint density at radius 1 is 1.00 bits per heavy atom. The Balaban J connectivity index is 3.19. The second-order valence-electron chi connectivity index (χ2n) is 3.40. The quantitative estimate of drug-likeness (QED) is 0.506. The van der Waals surface area contributed by atoms with Crippen LogP contribution in [0.5, 0.6) is 0 Å². The molecule has 0 aliphatic carbocycles. The molecule has 0 aromatic rings. The Labute approximate surface area is 77.5 Å². The van der Waals surface area contributed by atoms with E-state index in [0.717, 1.165) is 6.61 Å². The van der Waals surface area contributed by atoms with Gasteiger partial charge in [0.25, 0.3) is 0 Å². The third-order valence-corrected chi connectivity index (χ3v) is 2.17. The fraction of sp³-hybridized carbons (Fsp3) is 1.00. The highest BCUT2D eigenvalue weighted by Crippen LogP contribution is 2.07. The summed E-state index contributed by atoms with van der Waals surface area (Å²) >= 11 is 0. The van der Waals surface area contributed by atoms with Gasteiger partial charge < -0.3 is 4.74 Å². The first kappa shape index (κ1) is 12.0. The largest absolute Gasteiger partial charge is 0.378 e. The molecule has 0 aromatic carbocycles. The van der Waals surface area contributed by atoms with E-state index >= 15 is 0 Å². The van der Waals surface area contributed by atoms with E-state index in [-0.39, 0.29) is 0 Å². The highest BCUT2D eigenvalue weighted by Gasteiger charge is 2.03. The fourth-order valence-corrected chi connectivity index (χ4v) is 1.33. The molecule has 0 spiro atoms. The van der Waals surface area contributed by atoms with Crippen molar-refractivity contribution in [2.75, 3.05) is 6.61 Å². The Hall–Kier alpha value is -0.0400. The Morgan fingerprint density at radius 3 is 2.25 bits per heavy atom. The lowest BCUT2D eigenvalue weighted by Gasteiger charge is -2.14. The van der Waals surface area contributed by atoms with Gasteiger partial charge >= 0.3 is 0 Å². The molecule has 0 saturated heterocycles. The van der Waals surface area contributed by atoms with Crippen molar-refractivity contribution >= 4 is 0 Å². The minimum Gasteiger partial charge on any atom is -0.378 e. The van der Waals surface area contributed by atoms with E-state index in [4.69, 9.17) is 4.74 Å². The van der Waals surface area contributed by atoms with Crippen molar-refractivity contribution in [3.8, 4) is 0 Å². The standard InChI is InChI=1S/C11H24O/c1-4-7-8-10-12-11(6-3)9-5-2/h11H,4-10H2,1-3H3. The van der Waals surface area contributed by atoms with Crippen LogP contribution in [0.25, 0.3) is 0 Å². The van der Waals surface area contributed by atoms with Crippen LogP contribution in [0.2, 0.25) is 0 Å². The molecule has 0 saturated carbocycles. The molecule has 1 unspecified atom stereocenters. The summed E-state index contributed by atoms with van der Waals surface area (Å²) in [6.07, 6.45) is 7.98. The van der Waals surface area contributed by atoms with Gasteiger partial charge in [-0.1, -0.05) is 40.0 Å². The summed E-state index contributed by atoms with van der Waals surface area (Å²) in [5.74, 6) is 0. The van der Waals surface area contributed by atoms with E-state index in [1.807, 2.05) is 0 Å². The van der Waals surface area contributed by atoms with Gasteiger partial charge in [-0.15, -0.1) is 0 Å². The number of hydrogen-bond donors (Lipinski definition) is 0. The summed E-state index contributed by atoms with van der Waals surface area (Å²) in [6.45, 7) is 7.62. The zero-order chi connectivity index (χ0) is 9.23. The first-order valence-electron chi connectivity index (χ1n) is 5.46. The average Bonchev–Trinajstić information content (AvgIpc) is 2.10. The minimum absolute atomic E-state index is 0.520. The molecule has 1 atom stereocenters. The SMILES string of the molecule is CCCCCOC(CC)CCC. The van der Waals surface area contributed by atoms with Gasteiger partial charge in [-0.05, 0) is 19.3 Å². The number of rotatable bonds is 8. The first-order valence-corrected chi connectivity index (χ1v) is 5.46. The molecule has 0 radical (unpaired) electrons. The molecule has 12 heavy (non-hydrogen) atoms. The van der Waals surface area contributed by atoms with Crippen LogP contribution < -0.4 is 0 Å². The molecule has 0 amide bonds. The highest BCUT2D eigenvalue weighted by atomic mass is 16.5. The van der Waals surface area contributed by atoms with Crippen molar-refractivity contribution in [1.29, 1.82) is 0 Å². The molecule has 1 heteroatoms. The van der Waals surface area contributed by atoms with Crippen LogP contribution in [0.4, 0.5) is 0 Å². The second kappa shape index (κ2) is 9.05. The Kier molecular flexibility index (Phi) is 9.02. The fourth-order valence-electron chi connectivity index (χ4n) is 1.33. The topological polar surface area (TPSA) is 9.23 Å². The summed E-state index contributed by atoms with van der Waals surface area (Å²) in [4.78, 5) is 0. The zero-order valence-electron chi connectivity index (χ0n) is 8.94. The lowest BCUT2D eigenvalue weighted by Crippen LogP contribution is -2.12. The van der Waals surface area contributed by atoms with Crippen LogP contribution >= 0.6 is 0 Å². The van der Waals surface area contributed by atoms with Crippen LogP contribution in [-0.4, -0.2) is 12.7 Å². The van der Waals surface area contributed by atoms with Crippen LogP contribution in [0.3, 0.4) is 0 Å². The number of ether oxygens (including phenoxy) is 1. The third-order valence-electron chi connectivity index (χ3n) is 2.17. The molecular formula is C11H24O. The van der Waals surface area contributed by atoms with Gasteiger partial charge in [0.1, 0.15) is 0 Å². The molecule has 0 bridgehead atoms. The van der Waals surface area contributed by atoms with Crippen LogP contribution in [0.1, 0.15) is 59.3 Å². The van der Waals surface area contributed by atoms with Crippen molar-refractivity contribution in [2.45, 2.75) is 65.4 Å². The second-order valence-corrected chi connectivity index (χ2v) is 3.40. The molecule has 0 fully saturated rings. The molecule has 0 N–H and O–H groups in total. The van der Waals surface area contributed by atoms with Gasteiger partial charge in [0.2, 0.25) is 0 Å². The van der Waals surface area contributed by atoms with Crippen LogP contribution in [0, 0.1) is 0 Å². The molecule has 0 rings (SSSR count). The van der Waals surface area contributed by atoms with Crippen molar-refractivity contribution in [1.82, 2.24) is 0 Å². The predicted molar refractivity (Wildman–Crippen MR) is 54.5 cm³/mol. The van der Waals surface area contributed by atoms with Gasteiger partial charge in [0.15, 0.2) is 0 Å². The van der Waals surface area contributed by atoms with E-state index in [1.54, 1.807) is 0 Å². The zero-order valence-corrected chi connectivity index (χ0v) is 8.94. The molecule has 0 heterocycles. The van der Waals surface area contributed by atoms with E-state index in [1.165, 1.54) is 38.5 Å². The van der Waals surface area contributed by atoms with E-state index in [0.29, 0.717) is 6.10 Å². The Morgan fingerprint density at radius 2 is 1.75 bits per heavy atom. The molecule has 0 aliphatic rings. The van der Waals surface area contributed by atoms with Crippen LogP contribution in [0.15, 0.2) is 0 Å². The maximum Gasteiger partial charge on any atom is 0.0572 e. The van der Waals surface area contributed by atoms with Crippen molar-refractivity contribution in [3.05, 3.63) is 0 Å². The summed E-state index contributed by atoms with van der Waals surface area (Å²) < 4.78 is 5.73. The maximum absolute atomic E-state index is 5.73. The number of unbranched alkanes of at least 4 members (excludes halogenated alkanes) is 2. The molecular weight excluding hydrogens is 148 g/mol. The predicted octanol–water partition coefficient (Wildman–Crippen LogP) is 3.77. The summed E-state index contributed by atoms with van der Waals surface area (Å²) in [7, 11) is 0. The lowest BCUT2D eigenvalue weighted by atomic mass is 10.1. The molecule has 0 aliphatic heterocycles. The van der Waals surface area contributed by atoms with Gasteiger partial charge in [-0.3, -0.25) is 0 Å². The van der Waals surface area contributed by atoms with Crippen molar-refractivity contribution in [2.24, 2.45) is 0 Å². The monoisotopic (exact) mass is 172 g/mol. The maximum atomic E-state index is 5.73. The summed E-state index contributed by atoms with van der Waals surface area (Å²) in [5.41, 5.74) is 0. The van der Waals surface area contributed by atoms with Gasteiger partial charge in [0, 0.05) is 6.61 Å². The minimum atomic E-state index is 0.520. The van der Waals surface area contributed by atoms with Gasteiger partial charge in [-0.25, -0.2) is 0 Å². The van der Waals surface area contributed by atoms with Crippen molar-refractivity contribution in [3.63, 3.8) is 0 Å². The first-order chi connectivity index (χ1) is 5.85. The average molecular weight is 172 g/mol. The Bertz CT molecular complexity index is 81.1. The van der Waals surface area contributed by atoms with Gasteiger partial charge in [0.05, 0.1) is 6.10 Å². The van der Waals surface area contributed by atoms with E-state index < -0.39 is 0 Å².